The quantitative estimate of drug-likeness (QED) is 0.482. The predicted octanol–water partition coefficient (Wildman–Crippen LogP) is 3.35. The fourth-order valence-corrected chi connectivity index (χ4v) is 0.313. The summed E-state index contributed by atoms with van der Waals surface area (Å²) in [6.07, 6.45) is -0.167. The Morgan fingerprint density at radius 3 is 1.11 bits per heavy atom. The van der Waals surface area contributed by atoms with Crippen molar-refractivity contribution in [1.82, 2.24) is 11.1 Å². The summed E-state index contributed by atoms with van der Waals surface area (Å²) in [7, 11) is 0. The summed E-state index contributed by atoms with van der Waals surface area (Å²) in [5.74, 6) is 0.833. The minimum Gasteiger partial charge on any atom is -0.450 e. The first kappa shape index (κ1) is 25.5. The highest BCUT2D eigenvalue weighted by Gasteiger charge is 1.70. The van der Waals surface area contributed by atoms with Gasteiger partial charge in [-0.05, 0) is 18.1 Å². The average molecular weight is 278 g/mol. The molecule has 0 radical (unpaired) electrons. The van der Waals surface area contributed by atoms with Crippen molar-refractivity contribution in [3.63, 3.8) is 0 Å². The van der Waals surface area contributed by atoms with E-state index in [1.807, 2.05) is 18.2 Å². The van der Waals surface area contributed by atoms with Crippen molar-refractivity contribution in [3.8, 4) is 0 Å². The molecule has 0 atom stereocenters. The molecule has 0 aliphatic rings. The highest BCUT2D eigenvalue weighted by atomic mass is 16.6. The van der Waals surface area contributed by atoms with Crippen LogP contribution in [0.25, 0.3) is 0 Å². The van der Waals surface area contributed by atoms with Crippen LogP contribution < -0.4 is 6.15 Å². The van der Waals surface area contributed by atoms with Gasteiger partial charge in [0.1, 0.15) is 0 Å². The Morgan fingerprint density at radius 2 is 1.05 bits per heavy atom. The molecule has 0 aliphatic heterocycles. The van der Waals surface area contributed by atoms with Crippen LogP contribution in [0.15, 0.2) is 30.6 Å². The van der Waals surface area contributed by atoms with E-state index in [2.05, 4.69) is 25.8 Å². The first-order chi connectivity index (χ1) is 8.20. The van der Waals surface area contributed by atoms with Crippen molar-refractivity contribution in [2.75, 3.05) is 0 Å². The van der Waals surface area contributed by atoms with E-state index in [4.69, 9.17) is 30.0 Å². The van der Waals surface area contributed by atoms with E-state index >= 15 is 0 Å². The van der Waals surface area contributed by atoms with Gasteiger partial charge in [0.15, 0.2) is 0 Å². The Balaban J connectivity index is -0.0000000796. The van der Waals surface area contributed by atoms with Gasteiger partial charge in [-0.1, -0.05) is 26.8 Å². The standard InChI is InChI=1S/C5H5N.C4H10.2CH2O3.H3N/c1-2-4-6-5-3-1;1-4(2)3;2*2-1(3)4;/h1-5H;4H,1-3H3;2*(H2,2,3,4);1H3. The fourth-order valence-electron chi connectivity index (χ4n) is 0.313. The van der Waals surface area contributed by atoms with Crippen molar-refractivity contribution in [3.05, 3.63) is 30.6 Å². The summed E-state index contributed by atoms with van der Waals surface area (Å²) in [5, 5.41) is 27.9. The van der Waals surface area contributed by atoms with Crippen LogP contribution in [0.5, 0.6) is 0 Å². The number of nitrogens with zero attached hydrogens (tertiary/aromatic N) is 1. The molecule has 0 unspecified atom stereocenters. The van der Waals surface area contributed by atoms with Crippen LogP contribution in [0.4, 0.5) is 9.59 Å². The smallest absolute Gasteiger partial charge is 0.450 e. The second kappa shape index (κ2) is 21.0. The molecule has 0 saturated heterocycles. The van der Waals surface area contributed by atoms with Crippen LogP contribution in [0.2, 0.25) is 0 Å². The molecule has 0 aliphatic carbocycles. The summed E-state index contributed by atoms with van der Waals surface area (Å²) >= 11 is 0. The Hall–Kier alpha value is -2.35. The van der Waals surface area contributed by atoms with E-state index < -0.39 is 12.3 Å². The highest BCUT2D eigenvalue weighted by Crippen LogP contribution is 1.81. The molecule has 0 fully saturated rings. The van der Waals surface area contributed by atoms with Gasteiger partial charge in [-0.2, -0.15) is 0 Å². The Morgan fingerprint density at radius 1 is 0.842 bits per heavy atom. The number of hydrogen-bond donors (Lipinski definition) is 5. The largest absolute Gasteiger partial charge is 0.503 e. The Labute approximate surface area is 111 Å². The molecule has 1 aromatic heterocycles. The van der Waals surface area contributed by atoms with Crippen LogP contribution >= 0.6 is 0 Å². The van der Waals surface area contributed by atoms with Gasteiger partial charge in [0.25, 0.3) is 0 Å². The molecule has 8 nitrogen and oxygen atoms in total. The molecular formula is C11H22N2O6. The van der Waals surface area contributed by atoms with Crippen LogP contribution in [-0.2, 0) is 0 Å². The SMILES string of the molecule is CC(C)C.N.O=C(O)O.O=C(O)O.c1ccncc1. The topological polar surface area (TPSA) is 163 Å². The van der Waals surface area contributed by atoms with Crippen LogP contribution in [0, 0.1) is 5.92 Å². The second-order valence-electron chi connectivity index (χ2n) is 3.32. The summed E-state index contributed by atoms with van der Waals surface area (Å²) < 4.78 is 0. The molecule has 0 saturated carbocycles. The van der Waals surface area contributed by atoms with Crippen LogP contribution in [0.3, 0.4) is 0 Å². The first-order valence-corrected chi connectivity index (χ1v) is 4.88. The molecule has 0 aromatic carbocycles. The van der Waals surface area contributed by atoms with Crippen LogP contribution in [-0.4, -0.2) is 37.7 Å². The number of pyridine rings is 1. The summed E-state index contributed by atoms with van der Waals surface area (Å²) in [6.45, 7) is 6.50. The maximum atomic E-state index is 8.56. The molecule has 0 bridgehead atoms. The van der Waals surface area contributed by atoms with Gasteiger partial charge >= 0.3 is 12.3 Å². The lowest BCUT2D eigenvalue weighted by molar-refractivity contribution is 0.135. The van der Waals surface area contributed by atoms with Crippen LogP contribution in [0.1, 0.15) is 20.8 Å². The van der Waals surface area contributed by atoms with Gasteiger partial charge in [-0.3, -0.25) is 4.98 Å². The fraction of sp³-hybridized carbons (Fsp3) is 0.364. The van der Waals surface area contributed by atoms with E-state index in [-0.39, 0.29) is 6.15 Å². The molecule has 1 rings (SSSR count). The van der Waals surface area contributed by atoms with Crippen molar-refractivity contribution >= 4 is 12.3 Å². The molecular weight excluding hydrogens is 256 g/mol. The van der Waals surface area contributed by atoms with Gasteiger partial charge in [-0.15, -0.1) is 0 Å². The summed E-state index contributed by atoms with van der Waals surface area (Å²) in [5.41, 5.74) is 0. The van der Waals surface area contributed by atoms with E-state index in [1.54, 1.807) is 12.4 Å². The second-order valence-corrected chi connectivity index (χ2v) is 3.32. The number of hydrogen-bond acceptors (Lipinski definition) is 4. The lowest BCUT2D eigenvalue weighted by Crippen LogP contribution is -1.81. The van der Waals surface area contributed by atoms with Gasteiger partial charge in [0.05, 0.1) is 0 Å². The molecule has 19 heavy (non-hydrogen) atoms. The van der Waals surface area contributed by atoms with Gasteiger partial charge < -0.3 is 26.6 Å². The number of carbonyl (C=O) groups is 2. The van der Waals surface area contributed by atoms with Crippen molar-refractivity contribution in [1.29, 1.82) is 0 Å². The van der Waals surface area contributed by atoms with Gasteiger partial charge in [0.2, 0.25) is 0 Å². The molecule has 7 N–H and O–H groups in total. The highest BCUT2D eigenvalue weighted by molar-refractivity contribution is 5.53. The monoisotopic (exact) mass is 278 g/mol. The first-order valence-electron chi connectivity index (χ1n) is 4.88. The minimum absolute atomic E-state index is 0. The zero-order valence-corrected chi connectivity index (χ0v) is 11.2. The number of carboxylic acid groups (broad SMARTS) is 4. The maximum Gasteiger partial charge on any atom is 0.503 e. The zero-order valence-electron chi connectivity index (χ0n) is 11.2. The van der Waals surface area contributed by atoms with E-state index in [0.29, 0.717) is 0 Å². The van der Waals surface area contributed by atoms with Crippen molar-refractivity contribution < 1.29 is 30.0 Å². The third-order valence-electron chi connectivity index (χ3n) is 0.566. The van der Waals surface area contributed by atoms with Gasteiger partial charge in [0, 0.05) is 12.4 Å². The summed E-state index contributed by atoms with van der Waals surface area (Å²) in [4.78, 5) is 20.9. The average Bonchev–Trinajstić information content (AvgIpc) is 2.17. The number of aromatic nitrogens is 1. The van der Waals surface area contributed by atoms with E-state index in [1.165, 1.54) is 0 Å². The van der Waals surface area contributed by atoms with Crippen molar-refractivity contribution in [2.24, 2.45) is 5.92 Å². The lowest BCUT2D eigenvalue weighted by atomic mass is 10.3. The van der Waals surface area contributed by atoms with Gasteiger partial charge in [-0.25, -0.2) is 9.59 Å². The molecule has 0 amide bonds. The molecule has 8 heteroatoms. The normalized spacial score (nSPS) is 6.95. The maximum absolute atomic E-state index is 8.56. The molecule has 1 heterocycles. The van der Waals surface area contributed by atoms with Crippen molar-refractivity contribution in [2.45, 2.75) is 20.8 Å². The van der Waals surface area contributed by atoms with E-state index in [9.17, 15) is 0 Å². The Kier molecular flexibility index (Phi) is 28.2. The van der Waals surface area contributed by atoms with E-state index in [0.717, 1.165) is 5.92 Å². The Bertz CT molecular complexity index is 243. The third-order valence-corrected chi connectivity index (χ3v) is 0.566. The predicted molar refractivity (Wildman–Crippen MR) is 71.1 cm³/mol. The zero-order chi connectivity index (χ0) is 15.0. The third kappa shape index (κ3) is 219. The lowest BCUT2D eigenvalue weighted by Gasteiger charge is -1.79. The molecule has 1 aromatic rings. The number of rotatable bonds is 0. The molecule has 0 spiro atoms. The minimum atomic E-state index is -1.83. The summed E-state index contributed by atoms with van der Waals surface area (Å²) in [6, 6.07) is 5.72. The molecule has 112 valence electrons.